The zero-order valence-corrected chi connectivity index (χ0v) is 21.0. The lowest BCUT2D eigenvalue weighted by Crippen LogP contribution is -2.39. The lowest BCUT2D eigenvalue weighted by atomic mass is 9.75. The van der Waals surface area contributed by atoms with Crippen molar-refractivity contribution in [2.75, 3.05) is 14.1 Å². The molecule has 0 aromatic carbocycles. The van der Waals surface area contributed by atoms with Gasteiger partial charge in [0.25, 0.3) is 5.56 Å². The molecule has 1 aliphatic carbocycles. The van der Waals surface area contributed by atoms with Crippen LogP contribution in [0.2, 0.25) is 0 Å². The molecule has 3 rings (SSSR count). The largest absolute Gasteiger partial charge is 0.461 e. The van der Waals surface area contributed by atoms with Gasteiger partial charge in [-0.3, -0.25) is 9.36 Å². The number of esters is 1. The maximum Gasteiger partial charge on any atom is 0.329 e. The fraction of sp³-hybridized carbons (Fsp3) is 0.708. The van der Waals surface area contributed by atoms with E-state index >= 15 is 0 Å². The third-order valence-corrected chi connectivity index (χ3v) is 7.82. The smallest absolute Gasteiger partial charge is 0.329 e. The first-order valence-corrected chi connectivity index (χ1v) is 12.2. The predicted molar refractivity (Wildman–Crippen MR) is 127 cm³/mol. The molecule has 2 aromatic heterocycles. The van der Waals surface area contributed by atoms with Crippen LogP contribution >= 0.6 is 11.3 Å². The van der Waals surface area contributed by atoms with Gasteiger partial charge in [0.15, 0.2) is 0 Å². The minimum absolute atomic E-state index is 0.0893. The second-order valence-electron chi connectivity index (χ2n) is 9.88. The number of hydrogen-bond donors (Lipinski definition) is 0. The van der Waals surface area contributed by atoms with Gasteiger partial charge in [-0.2, -0.15) is 0 Å². The van der Waals surface area contributed by atoms with Crippen LogP contribution in [0.4, 0.5) is 0 Å². The summed E-state index contributed by atoms with van der Waals surface area (Å²) in [4.78, 5) is 35.4. The fourth-order valence-electron chi connectivity index (χ4n) is 4.75. The van der Waals surface area contributed by atoms with E-state index in [0.717, 1.165) is 28.1 Å². The maximum absolute atomic E-state index is 13.5. The molecule has 4 unspecified atom stereocenters. The van der Waals surface area contributed by atoms with Crippen LogP contribution in [-0.4, -0.2) is 40.6 Å². The number of ether oxygens (including phenoxy) is 1. The van der Waals surface area contributed by atoms with E-state index in [4.69, 9.17) is 9.72 Å². The number of hydrogen-bond acceptors (Lipinski definition) is 6. The number of fused-ring (bicyclic) bond motifs is 1. The summed E-state index contributed by atoms with van der Waals surface area (Å²) in [6.45, 7) is 12.8. The summed E-state index contributed by atoms with van der Waals surface area (Å²) in [5.41, 5.74) is 0.801. The molecule has 0 aliphatic heterocycles. The van der Waals surface area contributed by atoms with Crippen molar-refractivity contribution in [1.82, 2.24) is 14.5 Å². The Morgan fingerprint density at radius 2 is 1.94 bits per heavy atom. The molecule has 2 aromatic rings. The topological polar surface area (TPSA) is 64.4 Å². The minimum Gasteiger partial charge on any atom is -0.461 e. The Morgan fingerprint density at radius 1 is 1.26 bits per heavy atom. The fourth-order valence-corrected chi connectivity index (χ4v) is 5.78. The van der Waals surface area contributed by atoms with Crippen LogP contribution < -0.4 is 5.56 Å². The average Bonchev–Trinajstić information content (AvgIpc) is 2.94. The third-order valence-electron chi connectivity index (χ3n) is 6.72. The highest BCUT2D eigenvalue weighted by Crippen LogP contribution is 2.36. The van der Waals surface area contributed by atoms with Gasteiger partial charge in [-0.1, -0.05) is 27.2 Å². The van der Waals surface area contributed by atoms with Gasteiger partial charge in [0.1, 0.15) is 22.8 Å². The molecule has 0 amide bonds. The Bertz CT molecular complexity index is 1010. The summed E-state index contributed by atoms with van der Waals surface area (Å²) in [7, 11) is 3.87. The van der Waals surface area contributed by atoms with Crippen molar-refractivity contribution in [3.8, 4) is 0 Å². The molecule has 172 valence electrons. The minimum atomic E-state index is -0.719. The van der Waals surface area contributed by atoms with Crippen molar-refractivity contribution in [2.24, 2.45) is 17.8 Å². The number of aromatic nitrogens is 2. The van der Waals surface area contributed by atoms with Crippen LogP contribution in [-0.2, 0) is 16.1 Å². The molecule has 31 heavy (non-hydrogen) atoms. The molecule has 2 heterocycles. The van der Waals surface area contributed by atoms with Crippen molar-refractivity contribution in [1.29, 1.82) is 0 Å². The summed E-state index contributed by atoms with van der Waals surface area (Å²) < 4.78 is 7.63. The molecule has 0 saturated heterocycles. The van der Waals surface area contributed by atoms with Crippen LogP contribution in [0.25, 0.3) is 10.2 Å². The van der Waals surface area contributed by atoms with Crippen molar-refractivity contribution < 1.29 is 9.53 Å². The molecule has 6 nitrogen and oxygen atoms in total. The van der Waals surface area contributed by atoms with E-state index in [9.17, 15) is 9.59 Å². The molecule has 0 radical (unpaired) electrons. The molecular weight excluding hydrogens is 410 g/mol. The third kappa shape index (κ3) is 4.87. The van der Waals surface area contributed by atoms with Gasteiger partial charge < -0.3 is 9.64 Å². The molecule has 7 heteroatoms. The van der Waals surface area contributed by atoms with E-state index in [1.54, 1.807) is 11.5 Å². The van der Waals surface area contributed by atoms with Crippen LogP contribution in [0.1, 0.15) is 69.3 Å². The SMILES string of the molecule is Cc1sc2nc(CN(C)C)n(C(C)C(=O)OC3CC(C)CCC3C(C)C)c(=O)c2c1C. The van der Waals surface area contributed by atoms with Crippen molar-refractivity contribution in [3.05, 3.63) is 26.6 Å². The van der Waals surface area contributed by atoms with Crippen LogP contribution in [0.3, 0.4) is 0 Å². The summed E-state index contributed by atoms with van der Waals surface area (Å²) in [6.07, 6.45) is 3.06. The summed E-state index contributed by atoms with van der Waals surface area (Å²) in [6, 6.07) is -0.719. The van der Waals surface area contributed by atoms with Crippen LogP contribution in [0.15, 0.2) is 4.79 Å². The molecule has 0 spiro atoms. The monoisotopic (exact) mass is 447 g/mol. The van der Waals surface area contributed by atoms with Crippen LogP contribution in [0, 0.1) is 31.6 Å². The Balaban J connectivity index is 1.99. The Kier molecular flexibility index (Phi) is 7.26. The molecule has 4 atom stereocenters. The zero-order valence-electron chi connectivity index (χ0n) is 20.2. The van der Waals surface area contributed by atoms with Crippen molar-refractivity contribution >= 4 is 27.5 Å². The highest BCUT2D eigenvalue weighted by molar-refractivity contribution is 7.18. The highest BCUT2D eigenvalue weighted by Gasteiger charge is 2.35. The van der Waals surface area contributed by atoms with E-state index in [2.05, 4.69) is 20.8 Å². The number of thiophene rings is 1. The quantitative estimate of drug-likeness (QED) is 0.601. The van der Waals surface area contributed by atoms with E-state index in [1.807, 2.05) is 32.8 Å². The number of carbonyl (C=O) groups excluding carboxylic acids is 1. The summed E-state index contributed by atoms with van der Waals surface area (Å²) in [5.74, 6) is 1.64. The average molecular weight is 448 g/mol. The first-order chi connectivity index (χ1) is 14.5. The van der Waals surface area contributed by atoms with Gasteiger partial charge in [0.05, 0.1) is 11.9 Å². The Morgan fingerprint density at radius 3 is 2.55 bits per heavy atom. The molecule has 1 aliphatic rings. The van der Waals surface area contributed by atoms with Crippen molar-refractivity contribution in [3.63, 3.8) is 0 Å². The Labute approximate surface area is 189 Å². The first kappa shape index (κ1) is 23.9. The Hall–Kier alpha value is -1.73. The maximum atomic E-state index is 13.5. The second kappa shape index (κ2) is 9.41. The molecule has 1 saturated carbocycles. The van der Waals surface area contributed by atoms with E-state index in [0.29, 0.717) is 35.5 Å². The predicted octanol–water partition coefficient (Wildman–Crippen LogP) is 4.70. The summed E-state index contributed by atoms with van der Waals surface area (Å²) in [5, 5.41) is 0.621. The van der Waals surface area contributed by atoms with Crippen molar-refractivity contribution in [2.45, 2.75) is 79.5 Å². The molecule has 0 N–H and O–H groups in total. The number of rotatable bonds is 6. The lowest BCUT2D eigenvalue weighted by Gasteiger charge is -2.37. The van der Waals surface area contributed by atoms with Crippen LogP contribution in [0.5, 0.6) is 0 Å². The lowest BCUT2D eigenvalue weighted by molar-refractivity contribution is -0.159. The number of nitrogens with zero attached hydrogens (tertiary/aromatic N) is 3. The van der Waals surface area contributed by atoms with Gasteiger partial charge in [0.2, 0.25) is 0 Å². The van der Waals surface area contributed by atoms with E-state index < -0.39 is 6.04 Å². The second-order valence-corrected chi connectivity index (χ2v) is 11.1. The zero-order chi connectivity index (χ0) is 23.0. The normalized spacial score (nSPS) is 23.0. The molecular formula is C24H37N3O3S. The standard InChI is InChI=1S/C24H37N3O3S/c1-13(2)18-10-9-14(3)11-19(18)30-24(29)16(5)27-20(12-26(7)8)25-22-21(23(27)28)15(4)17(6)31-22/h13-14,16,18-19H,9-12H2,1-8H3. The first-order valence-electron chi connectivity index (χ1n) is 11.4. The van der Waals surface area contributed by atoms with Gasteiger partial charge in [-0.15, -0.1) is 11.3 Å². The number of aryl methyl sites for hydroxylation is 2. The molecule has 0 bridgehead atoms. The van der Waals surface area contributed by atoms with Gasteiger partial charge in [-0.25, -0.2) is 9.78 Å². The highest BCUT2D eigenvalue weighted by atomic mass is 32.1. The number of carbonyl (C=O) groups is 1. The van der Waals surface area contributed by atoms with Gasteiger partial charge in [0, 0.05) is 4.88 Å². The van der Waals surface area contributed by atoms with E-state index in [1.165, 1.54) is 17.8 Å². The van der Waals surface area contributed by atoms with Gasteiger partial charge >= 0.3 is 5.97 Å². The van der Waals surface area contributed by atoms with E-state index in [-0.39, 0.29) is 17.6 Å². The van der Waals surface area contributed by atoms with Gasteiger partial charge in [-0.05, 0) is 71.0 Å². The summed E-state index contributed by atoms with van der Waals surface area (Å²) >= 11 is 1.54. The molecule has 1 fully saturated rings.